The molecule has 3 nitrogen and oxygen atoms in total. The van der Waals surface area contributed by atoms with Gasteiger partial charge in [0.15, 0.2) is 0 Å². The van der Waals surface area contributed by atoms with Crippen molar-refractivity contribution in [1.82, 2.24) is 4.98 Å². The highest BCUT2D eigenvalue weighted by Gasteiger charge is 2.07. The zero-order valence-corrected chi connectivity index (χ0v) is 9.82. The van der Waals surface area contributed by atoms with Crippen LogP contribution in [0.1, 0.15) is 5.56 Å². The summed E-state index contributed by atoms with van der Waals surface area (Å²) >= 11 is 5.90. The molecule has 0 saturated heterocycles. The van der Waals surface area contributed by atoms with Crippen molar-refractivity contribution in [3.8, 4) is 11.1 Å². The minimum Gasteiger partial charge on any atom is -0.369 e. The number of benzene rings is 1. The Morgan fingerprint density at radius 2 is 2.06 bits per heavy atom. The molecule has 0 unspecified atom stereocenters. The molecule has 2 N–H and O–H groups in total. The van der Waals surface area contributed by atoms with E-state index in [1.54, 1.807) is 12.4 Å². The minimum atomic E-state index is -0.354. The third-order valence-corrected chi connectivity index (χ3v) is 2.60. The van der Waals surface area contributed by atoms with Gasteiger partial charge < -0.3 is 5.73 Å². The maximum absolute atomic E-state index is 11.0. The number of hydrogen-bond donors (Lipinski definition) is 1. The standard InChI is InChI=1S/C13H11ClN2O/c14-11-5-10(7-16-8-11)12-4-2-1-3-9(12)6-13(15)17/h1-5,7-8H,6H2,(H2,15,17). The number of carbonyl (C=O) groups excluding carboxylic acids is 1. The highest BCUT2D eigenvalue weighted by atomic mass is 35.5. The third kappa shape index (κ3) is 2.82. The fraction of sp³-hybridized carbons (Fsp3) is 0.0769. The molecule has 17 heavy (non-hydrogen) atoms. The summed E-state index contributed by atoms with van der Waals surface area (Å²) in [7, 11) is 0. The second-order valence-electron chi connectivity index (χ2n) is 3.69. The number of halogens is 1. The lowest BCUT2D eigenvalue weighted by Crippen LogP contribution is -2.14. The largest absolute Gasteiger partial charge is 0.369 e. The summed E-state index contributed by atoms with van der Waals surface area (Å²) in [5.41, 5.74) is 7.91. The van der Waals surface area contributed by atoms with Crippen molar-refractivity contribution in [2.24, 2.45) is 5.73 Å². The van der Waals surface area contributed by atoms with Crippen molar-refractivity contribution in [2.45, 2.75) is 6.42 Å². The second-order valence-corrected chi connectivity index (χ2v) is 4.13. The first-order chi connectivity index (χ1) is 8.16. The fourth-order valence-corrected chi connectivity index (χ4v) is 1.88. The lowest BCUT2D eigenvalue weighted by molar-refractivity contribution is -0.117. The molecule has 86 valence electrons. The van der Waals surface area contributed by atoms with Gasteiger partial charge in [0.2, 0.25) is 5.91 Å². The number of pyridine rings is 1. The van der Waals surface area contributed by atoms with Crippen LogP contribution in [0.3, 0.4) is 0 Å². The maximum atomic E-state index is 11.0. The molecular weight excluding hydrogens is 236 g/mol. The van der Waals surface area contributed by atoms with E-state index >= 15 is 0 Å². The topological polar surface area (TPSA) is 56.0 Å². The van der Waals surface area contributed by atoms with Crippen LogP contribution in [0.5, 0.6) is 0 Å². The van der Waals surface area contributed by atoms with Gasteiger partial charge in [0.1, 0.15) is 0 Å². The summed E-state index contributed by atoms with van der Waals surface area (Å²) in [6.45, 7) is 0. The van der Waals surface area contributed by atoms with E-state index in [2.05, 4.69) is 4.98 Å². The van der Waals surface area contributed by atoms with Crippen LogP contribution in [-0.2, 0) is 11.2 Å². The quantitative estimate of drug-likeness (QED) is 0.904. The van der Waals surface area contributed by atoms with Gasteiger partial charge in [-0.15, -0.1) is 0 Å². The average molecular weight is 247 g/mol. The number of hydrogen-bond acceptors (Lipinski definition) is 2. The first-order valence-corrected chi connectivity index (χ1v) is 5.52. The Kier molecular flexibility index (Phi) is 3.40. The van der Waals surface area contributed by atoms with Crippen LogP contribution in [0, 0.1) is 0 Å². The summed E-state index contributed by atoms with van der Waals surface area (Å²) in [6.07, 6.45) is 3.50. The smallest absolute Gasteiger partial charge is 0.221 e. The molecule has 0 radical (unpaired) electrons. The molecule has 0 aliphatic heterocycles. The number of nitrogens with two attached hydrogens (primary N) is 1. The number of rotatable bonds is 3. The number of amides is 1. The molecule has 4 heteroatoms. The molecule has 0 fully saturated rings. The van der Waals surface area contributed by atoms with Crippen molar-refractivity contribution in [3.05, 3.63) is 53.3 Å². The molecule has 0 atom stereocenters. The van der Waals surface area contributed by atoms with E-state index in [0.717, 1.165) is 16.7 Å². The van der Waals surface area contributed by atoms with Crippen LogP contribution in [0.25, 0.3) is 11.1 Å². The molecule has 1 amide bonds. The van der Waals surface area contributed by atoms with Crippen LogP contribution in [-0.4, -0.2) is 10.9 Å². The average Bonchev–Trinajstić information content (AvgIpc) is 2.29. The van der Waals surface area contributed by atoms with Crippen LogP contribution >= 0.6 is 11.6 Å². The predicted octanol–water partition coefficient (Wildman–Crippen LogP) is 2.43. The number of aromatic nitrogens is 1. The highest BCUT2D eigenvalue weighted by Crippen LogP contribution is 2.25. The van der Waals surface area contributed by atoms with Gasteiger partial charge in [-0.1, -0.05) is 35.9 Å². The lowest BCUT2D eigenvalue weighted by Gasteiger charge is -2.07. The Morgan fingerprint density at radius 3 is 2.76 bits per heavy atom. The molecular formula is C13H11ClN2O. The zero-order chi connectivity index (χ0) is 12.3. The molecule has 0 aliphatic carbocycles. The van der Waals surface area contributed by atoms with Gasteiger partial charge in [-0.05, 0) is 17.2 Å². The first kappa shape index (κ1) is 11.6. The molecule has 1 aromatic carbocycles. The lowest BCUT2D eigenvalue weighted by atomic mass is 9.99. The maximum Gasteiger partial charge on any atom is 0.221 e. The molecule has 0 spiro atoms. The SMILES string of the molecule is NC(=O)Cc1ccccc1-c1cncc(Cl)c1. The van der Waals surface area contributed by atoms with Crippen molar-refractivity contribution < 1.29 is 4.79 Å². The summed E-state index contributed by atoms with van der Waals surface area (Å²) in [6, 6.07) is 9.39. The van der Waals surface area contributed by atoms with Crippen molar-refractivity contribution in [1.29, 1.82) is 0 Å². The van der Waals surface area contributed by atoms with Crippen molar-refractivity contribution in [3.63, 3.8) is 0 Å². The molecule has 2 aromatic rings. The van der Waals surface area contributed by atoms with Gasteiger partial charge in [0.25, 0.3) is 0 Å². The normalized spacial score (nSPS) is 10.2. The van der Waals surface area contributed by atoms with Gasteiger partial charge in [0, 0.05) is 18.0 Å². The van der Waals surface area contributed by atoms with E-state index in [0.29, 0.717) is 5.02 Å². The number of nitrogens with zero attached hydrogens (tertiary/aromatic N) is 1. The van der Waals surface area contributed by atoms with Crippen LogP contribution in [0.15, 0.2) is 42.7 Å². The fourth-order valence-electron chi connectivity index (χ4n) is 1.70. The molecule has 2 rings (SSSR count). The highest BCUT2D eigenvalue weighted by molar-refractivity contribution is 6.30. The van der Waals surface area contributed by atoms with Crippen LogP contribution < -0.4 is 5.73 Å². The Hall–Kier alpha value is -1.87. The molecule has 0 saturated carbocycles. The summed E-state index contributed by atoms with van der Waals surface area (Å²) in [4.78, 5) is 15.0. The van der Waals surface area contributed by atoms with Crippen LogP contribution in [0.2, 0.25) is 5.02 Å². The molecule has 0 aliphatic rings. The Balaban J connectivity index is 2.47. The Bertz CT molecular complexity index is 555. The first-order valence-electron chi connectivity index (χ1n) is 5.14. The van der Waals surface area contributed by atoms with E-state index in [1.807, 2.05) is 30.3 Å². The number of primary amides is 1. The van der Waals surface area contributed by atoms with E-state index in [9.17, 15) is 4.79 Å². The zero-order valence-electron chi connectivity index (χ0n) is 9.06. The van der Waals surface area contributed by atoms with E-state index in [4.69, 9.17) is 17.3 Å². The van der Waals surface area contributed by atoms with Gasteiger partial charge in [-0.2, -0.15) is 0 Å². The van der Waals surface area contributed by atoms with Gasteiger partial charge in [0.05, 0.1) is 11.4 Å². The summed E-state index contributed by atoms with van der Waals surface area (Å²) in [5.74, 6) is -0.354. The predicted molar refractivity (Wildman–Crippen MR) is 67.6 cm³/mol. The third-order valence-electron chi connectivity index (χ3n) is 2.40. The molecule has 1 aromatic heterocycles. The molecule has 0 bridgehead atoms. The van der Waals surface area contributed by atoms with Crippen molar-refractivity contribution in [2.75, 3.05) is 0 Å². The van der Waals surface area contributed by atoms with Gasteiger partial charge in [-0.25, -0.2) is 0 Å². The Labute approximate surface area is 104 Å². The summed E-state index contributed by atoms with van der Waals surface area (Å²) < 4.78 is 0. The van der Waals surface area contributed by atoms with Crippen molar-refractivity contribution >= 4 is 17.5 Å². The van der Waals surface area contributed by atoms with E-state index < -0.39 is 0 Å². The second kappa shape index (κ2) is 4.97. The van der Waals surface area contributed by atoms with E-state index in [1.165, 1.54) is 0 Å². The van der Waals surface area contributed by atoms with E-state index in [-0.39, 0.29) is 12.3 Å². The van der Waals surface area contributed by atoms with Gasteiger partial charge >= 0.3 is 0 Å². The van der Waals surface area contributed by atoms with Gasteiger partial charge in [-0.3, -0.25) is 9.78 Å². The summed E-state index contributed by atoms with van der Waals surface area (Å²) in [5, 5.41) is 0.566. The Morgan fingerprint density at radius 1 is 1.29 bits per heavy atom. The monoisotopic (exact) mass is 246 g/mol. The number of carbonyl (C=O) groups is 1. The molecule has 1 heterocycles. The minimum absolute atomic E-state index is 0.211. The van der Waals surface area contributed by atoms with Crippen LogP contribution in [0.4, 0.5) is 0 Å².